The summed E-state index contributed by atoms with van der Waals surface area (Å²) in [7, 11) is -3.09. The number of carbonyl (C=O) groups is 2. The van der Waals surface area contributed by atoms with Crippen molar-refractivity contribution in [3.05, 3.63) is 30.3 Å². The Balaban J connectivity index is 2.70. The van der Waals surface area contributed by atoms with Gasteiger partial charge in [0, 0.05) is 0 Å². The van der Waals surface area contributed by atoms with Gasteiger partial charge in [-0.15, -0.1) is 0 Å². The van der Waals surface area contributed by atoms with E-state index in [1.807, 2.05) is 0 Å². The van der Waals surface area contributed by atoms with Crippen molar-refractivity contribution in [1.29, 1.82) is 0 Å². The molecule has 1 rings (SSSR count). The molecule has 7 nitrogen and oxygen atoms in total. The van der Waals surface area contributed by atoms with Gasteiger partial charge in [-0.2, -0.15) is 8.42 Å². The van der Waals surface area contributed by atoms with Gasteiger partial charge < -0.3 is 14.7 Å². The second kappa shape index (κ2) is 6.30. The number of hydrogen-bond donors (Lipinski definition) is 1. The zero-order valence-electron chi connectivity index (χ0n) is 10.1. The predicted molar refractivity (Wildman–Crippen MR) is 64.3 cm³/mol. The minimum Gasteiger partial charge on any atom is -0.468 e. The molecule has 0 saturated carbocycles. The van der Waals surface area contributed by atoms with Crippen molar-refractivity contribution in [3.63, 3.8) is 0 Å². The van der Waals surface area contributed by atoms with E-state index >= 15 is 0 Å². The van der Waals surface area contributed by atoms with Crippen LogP contribution in [0.3, 0.4) is 0 Å². The fourth-order valence-corrected chi connectivity index (χ4v) is 2.11. The third-order valence-electron chi connectivity index (χ3n) is 2.13. The van der Waals surface area contributed by atoms with Crippen LogP contribution in [0, 0.1) is 0 Å². The highest BCUT2D eigenvalue weighted by molar-refractivity contribution is 7.87. The maximum absolute atomic E-state index is 11.7. The lowest BCUT2D eigenvalue weighted by Crippen LogP contribution is -2.34. The molecule has 1 aromatic rings. The molecule has 0 bridgehead atoms. The van der Waals surface area contributed by atoms with Crippen molar-refractivity contribution in [3.8, 4) is 0 Å². The molecule has 0 fully saturated rings. The van der Waals surface area contributed by atoms with Crippen molar-refractivity contribution >= 4 is 22.1 Å². The van der Waals surface area contributed by atoms with E-state index in [0.717, 1.165) is 7.11 Å². The Morgan fingerprint density at radius 1 is 1.26 bits per heavy atom. The number of hydrogen-bond acceptors (Lipinski definition) is 7. The Hall–Kier alpha value is -1.93. The fraction of sp³-hybridized carbons (Fsp3) is 0.273. The van der Waals surface area contributed by atoms with Crippen LogP contribution in [-0.2, 0) is 28.6 Å². The molecule has 19 heavy (non-hydrogen) atoms. The van der Waals surface area contributed by atoms with Crippen LogP contribution in [0.1, 0.15) is 6.42 Å². The zero-order valence-corrected chi connectivity index (χ0v) is 10.9. The Bertz CT molecular complexity index is 554. The van der Waals surface area contributed by atoms with E-state index in [-0.39, 0.29) is 4.90 Å². The maximum atomic E-state index is 11.7. The second-order valence-corrected chi connectivity index (χ2v) is 5.10. The van der Waals surface area contributed by atoms with Gasteiger partial charge in [-0.05, 0) is 12.1 Å². The molecule has 0 aromatic heterocycles. The summed E-state index contributed by atoms with van der Waals surface area (Å²) in [6.45, 7) is 0. The van der Waals surface area contributed by atoms with Crippen molar-refractivity contribution in [2.45, 2.75) is 17.4 Å². The first kappa shape index (κ1) is 15.1. The quantitative estimate of drug-likeness (QED) is 0.589. The molecule has 8 heteroatoms. The summed E-state index contributed by atoms with van der Waals surface area (Å²) in [5.41, 5.74) is 5.32. The van der Waals surface area contributed by atoms with Crippen molar-refractivity contribution < 1.29 is 26.9 Å². The number of nitrogens with two attached hydrogens (primary N) is 1. The number of rotatable bonds is 5. The van der Waals surface area contributed by atoms with E-state index in [0.29, 0.717) is 0 Å². The first-order valence-corrected chi connectivity index (χ1v) is 6.63. The van der Waals surface area contributed by atoms with Gasteiger partial charge in [0.25, 0.3) is 0 Å². The van der Waals surface area contributed by atoms with Gasteiger partial charge in [-0.3, -0.25) is 9.59 Å². The molecule has 1 atom stereocenters. The predicted octanol–water partition coefficient (Wildman–Crippen LogP) is -0.191. The summed E-state index contributed by atoms with van der Waals surface area (Å²) in [6.07, 6.45) is -0.585. The average molecular weight is 287 g/mol. The lowest BCUT2D eigenvalue weighted by Gasteiger charge is -2.09. The van der Waals surface area contributed by atoms with Crippen LogP contribution in [0.15, 0.2) is 35.2 Å². The number of carbonyl (C=O) groups excluding carboxylic acids is 2. The summed E-state index contributed by atoms with van der Waals surface area (Å²) >= 11 is 0. The SMILES string of the molecule is COC(=O)[C@@H](N)CC(=O)OS(=O)(=O)c1ccccc1. The first-order chi connectivity index (χ1) is 8.86. The van der Waals surface area contributed by atoms with Gasteiger partial charge in [-0.1, -0.05) is 18.2 Å². The molecule has 2 N–H and O–H groups in total. The van der Waals surface area contributed by atoms with Gasteiger partial charge in [0.2, 0.25) is 0 Å². The van der Waals surface area contributed by atoms with E-state index in [2.05, 4.69) is 8.92 Å². The van der Waals surface area contributed by atoms with Crippen LogP contribution in [0.2, 0.25) is 0 Å². The van der Waals surface area contributed by atoms with E-state index in [1.165, 1.54) is 24.3 Å². The molecule has 0 spiro atoms. The molecule has 0 heterocycles. The lowest BCUT2D eigenvalue weighted by atomic mass is 10.2. The molecule has 0 amide bonds. The topological polar surface area (TPSA) is 113 Å². The van der Waals surface area contributed by atoms with E-state index in [9.17, 15) is 18.0 Å². The minimum atomic E-state index is -4.19. The highest BCUT2D eigenvalue weighted by atomic mass is 32.2. The standard InChI is InChI=1S/C11H13NO6S/c1-17-11(14)9(12)7-10(13)18-19(15,16)8-5-3-2-4-6-8/h2-6,9H,7,12H2,1H3/t9-/m0/s1. The number of methoxy groups -OCH3 is 1. The minimum absolute atomic E-state index is 0.157. The Kier molecular flexibility index (Phi) is 5.02. The molecule has 0 aliphatic carbocycles. The lowest BCUT2D eigenvalue weighted by molar-refractivity contribution is -0.146. The van der Waals surface area contributed by atoms with Gasteiger partial charge in [0.05, 0.1) is 13.5 Å². The third-order valence-corrected chi connectivity index (χ3v) is 3.38. The second-order valence-electron chi connectivity index (χ2n) is 3.56. The third kappa shape index (κ3) is 4.34. The molecular formula is C11H13NO6S. The normalized spacial score (nSPS) is 12.5. The Morgan fingerprint density at radius 3 is 2.37 bits per heavy atom. The summed E-state index contributed by atoms with van der Waals surface area (Å²) in [6, 6.07) is 5.89. The molecule has 0 aliphatic rings. The molecular weight excluding hydrogens is 274 g/mol. The van der Waals surface area contributed by atoms with Crippen LogP contribution >= 0.6 is 0 Å². The highest BCUT2D eigenvalue weighted by Crippen LogP contribution is 2.12. The van der Waals surface area contributed by atoms with Crippen molar-refractivity contribution in [1.82, 2.24) is 0 Å². The summed E-state index contributed by atoms with van der Waals surface area (Å²) < 4.78 is 32.0. The van der Waals surface area contributed by atoms with Gasteiger partial charge >= 0.3 is 22.1 Å². The fourth-order valence-electron chi connectivity index (χ4n) is 1.21. The molecule has 0 radical (unpaired) electrons. The molecule has 1 aromatic carbocycles. The molecule has 104 valence electrons. The van der Waals surface area contributed by atoms with Crippen LogP contribution in [0.4, 0.5) is 0 Å². The van der Waals surface area contributed by atoms with Gasteiger partial charge in [0.15, 0.2) is 0 Å². The number of ether oxygens (including phenoxy) is 1. The Morgan fingerprint density at radius 2 is 1.84 bits per heavy atom. The summed E-state index contributed by atoms with van der Waals surface area (Å²) in [4.78, 5) is 22.2. The summed E-state index contributed by atoms with van der Waals surface area (Å²) in [5.74, 6) is -1.95. The smallest absolute Gasteiger partial charge is 0.341 e. The van der Waals surface area contributed by atoms with Crippen LogP contribution in [0.5, 0.6) is 0 Å². The molecule has 0 saturated heterocycles. The largest absolute Gasteiger partial charge is 0.468 e. The Labute approximate surface area is 110 Å². The summed E-state index contributed by atoms with van der Waals surface area (Å²) in [5, 5.41) is 0. The van der Waals surface area contributed by atoms with E-state index in [4.69, 9.17) is 5.73 Å². The number of benzene rings is 1. The van der Waals surface area contributed by atoms with Crippen molar-refractivity contribution in [2.24, 2.45) is 5.73 Å². The van der Waals surface area contributed by atoms with Crippen LogP contribution < -0.4 is 5.73 Å². The van der Waals surface area contributed by atoms with Crippen LogP contribution in [0.25, 0.3) is 0 Å². The van der Waals surface area contributed by atoms with E-state index < -0.39 is 34.5 Å². The molecule has 0 aliphatic heterocycles. The average Bonchev–Trinajstić information content (AvgIpc) is 2.38. The monoisotopic (exact) mass is 287 g/mol. The molecule has 0 unspecified atom stereocenters. The van der Waals surface area contributed by atoms with Crippen LogP contribution in [-0.4, -0.2) is 33.5 Å². The highest BCUT2D eigenvalue weighted by Gasteiger charge is 2.24. The zero-order chi connectivity index (χ0) is 14.5. The number of esters is 1. The van der Waals surface area contributed by atoms with Crippen molar-refractivity contribution in [2.75, 3.05) is 7.11 Å². The maximum Gasteiger partial charge on any atom is 0.341 e. The first-order valence-electron chi connectivity index (χ1n) is 5.22. The van der Waals surface area contributed by atoms with Gasteiger partial charge in [-0.25, -0.2) is 0 Å². The van der Waals surface area contributed by atoms with E-state index in [1.54, 1.807) is 6.07 Å². The van der Waals surface area contributed by atoms with Gasteiger partial charge in [0.1, 0.15) is 10.9 Å².